The Morgan fingerprint density at radius 3 is 2.45 bits per heavy atom. The first kappa shape index (κ1) is 28.9. The van der Waals surface area contributed by atoms with Crippen molar-refractivity contribution in [2.45, 2.75) is 24.9 Å². The molecule has 1 aromatic carbocycles. The van der Waals surface area contributed by atoms with Crippen molar-refractivity contribution in [3.05, 3.63) is 82.7 Å². The summed E-state index contributed by atoms with van der Waals surface area (Å²) in [4.78, 5) is 41.4. The molecule has 0 N–H and O–H groups in total. The second-order valence-corrected chi connectivity index (χ2v) is 11.9. The van der Waals surface area contributed by atoms with Crippen molar-refractivity contribution < 1.29 is 26.4 Å². The molecule has 0 radical (unpaired) electrons. The van der Waals surface area contributed by atoms with Crippen LogP contribution in [0, 0.1) is 18.6 Å². The summed E-state index contributed by atoms with van der Waals surface area (Å²) in [5.41, 5.74) is -1.49. The summed E-state index contributed by atoms with van der Waals surface area (Å²) in [5, 5.41) is -0.401. The van der Waals surface area contributed by atoms with Gasteiger partial charge < -0.3 is 9.80 Å². The zero-order valence-electron chi connectivity index (χ0n) is 22.8. The molecule has 0 spiro atoms. The van der Waals surface area contributed by atoms with Gasteiger partial charge in [0.25, 0.3) is 5.91 Å². The number of carbonyl (C=O) groups excluding carboxylic acids is 1. The van der Waals surface area contributed by atoms with Crippen molar-refractivity contribution >= 4 is 32.6 Å². The standard InChI is InChI=1S/C28H25F3N6O4S/c1-15-9-10-32-26(42(4,40)41)23(15)37-25-19(13-21(31)22(33-25)18-7-5-6-8-20(18)30)24(34-28(37)39)36-12-11-35(14-16(36)2)27(38)17(3)29/h5-10,13,16H,3,11-12,14H2,1-2,4H3/t16-/m0/s1. The molecule has 0 saturated carbocycles. The third kappa shape index (κ3) is 5.02. The van der Waals surface area contributed by atoms with E-state index in [9.17, 15) is 26.8 Å². The molecule has 4 aromatic rings. The summed E-state index contributed by atoms with van der Waals surface area (Å²) in [6, 6.07) is 7.43. The minimum atomic E-state index is -3.97. The van der Waals surface area contributed by atoms with Gasteiger partial charge in [0.05, 0.1) is 11.1 Å². The van der Waals surface area contributed by atoms with Crippen LogP contribution < -0.4 is 10.6 Å². The molecule has 1 fully saturated rings. The van der Waals surface area contributed by atoms with E-state index in [2.05, 4.69) is 21.5 Å². The van der Waals surface area contributed by atoms with Crippen molar-refractivity contribution in [3.8, 4) is 16.9 Å². The number of aromatic nitrogens is 4. The van der Waals surface area contributed by atoms with E-state index in [1.54, 1.807) is 18.7 Å². The molecular formula is C28H25F3N6O4S. The van der Waals surface area contributed by atoms with E-state index in [-0.39, 0.29) is 47.7 Å². The molecule has 4 heterocycles. The largest absolute Gasteiger partial charge is 0.355 e. The highest BCUT2D eigenvalue weighted by Crippen LogP contribution is 2.33. The maximum absolute atomic E-state index is 15.7. The molecule has 10 nitrogen and oxygen atoms in total. The van der Waals surface area contributed by atoms with Crippen LogP contribution in [0.1, 0.15) is 12.5 Å². The van der Waals surface area contributed by atoms with Crippen molar-refractivity contribution in [2.24, 2.45) is 0 Å². The smallest absolute Gasteiger partial charge is 0.350 e. The number of hydrogen-bond donors (Lipinski definition) is 0. The highest BCUT2D eigenvalue weighted by molar-refractivity contribution is 7.90. The zero-order chi connectivity index (χ0) is 30.5. The molecule has 14 heteroatoms. The fraction of sp³-hybridized carbons (Fsp3) is 0.250. The monoisotopic (exact) mass is 598 g/mol. The Kier molecular flexibility index (Phi) is 7.35. The number of halogens is 3. The van der Waals surface area contributed by atoms with E-state index in [0.29, 0.717) is 5.56 Å². The van der Waals surface area contributed by atoms with E-state index in [1.165, 1.54) is 35.4 Å². The predicted molar refractivity (Wildman–Crippen MR) is 150 cm³/mol. The van der Waals surface area contributed by atoms with Gasteiger partial charge in [-0.1, -0.05) is 18.7 Å². The molecule has 5 rings (SSSR count). The number of nitrogens with zero attached hydrogens (tertiary/aromatic N) is 6. The average molecular weight is 599 g/mol. The lowest BCUT2D eigenvalue weighted by Crippen LogP contribution is -2.54. The molecule has 0 aliphatic carbocycles. The first-order chi connectivity index (χ1) is 19.8. The number of piperazine rings is 1. The molecule has 218 valence electrons. The van der Waals surface area contributed by atoms with E-state index >= 15 is 4.39 Å². The number of sulfone groups is 1. The van der Waals surface area contributed by atoms with Crippen LogP contribution in [-0.2, 0) is 14.6 Å². The Hall–Kier alpha value is -4.59. The van der Waals surface area contributed by atoms with Gasteiger partial charge in [0.15, 0.2) is 26.3 Å². The van der Waals surface area contributed by atoms with E-state index in [1.807, 2.05) is 0 Å². The van der Waals surface area contributed by atoms with Gasteiger partial charge in [0.1, 0.15) is 23.1 Å². The number of anilines is 1. The van der Waals surface area contributed by atoms with Gasteiger partial charge in [-0.3, -0.25) is 4.79 Å². The van der Waals surface area contributed by atoms with Crippen LogP contribution in [0.15, 0.2) is 64.8 Å². The molecule has 3 aromatic heterocycles. The van der Waals surface area contributed by atoms with Crippen molar-refractivity contribution in [1.29, 1.82) is 0 Å². The summed E-state index contributed by atoms with van der Waals surface area (Å²) in [6.07, 6.45) is 2.20. The zero-order valence-corrected chi connectivity index (χ0v) is 23.6. The minimum absolute atomic E-state index is 0.0128. The van der Waals surface area contributed by atoms with Gasteiger partial charge in [0.2, 0.25) is 0 Å². The lowest BCUT2D eigenvalue weighted by atomic mass is 10.1. The van der Waals surface area contributed by atoms with Crippen molar-refractivity contribution in [3.63, 3.8) is 0 Å². The molecular weight excluding hydrogens is 573 g/mol. The van der Waals surface area contributed by atoms with Crippen LogP contribution in [0.25, 0.3) is 28.0 Å². The number of carbonyl (C=O) groups is 1. The van der Waals surface area contributed by atoms with Gasteiger partial charge in [-0.2, -0.15) is 4.98 Å². The van der Waals surface area contributed by atoms with Gasteiger partial charge in [-0.15, -0.1) is 0 Å². The normalized spacial score (nSPS) is 15.7. The molecule has 1 aliphatic rings. The summed E-state index contributed by atoms with van der Waals surface area (Å²) in [7, 11) is -3.97. The van der Waals surface area contributed by atoms with Gasteiger partial charge in [-0.25, -0.2) is 40.9 Å². The Labute approximate surface area is 238 Å². The predicted octanol–water partition coefficient (Wildman–Crippen LogP) is 3.35. The Balaban J connectivity index is 1.82. The molecule has 1 saturated heterocycles. The highest BCUT2D eigenvalue weighted by atomic mass is 32.2. The lowest BCUT2D eigenvalue weighted by molar-refractivity contribution is -0.129. The van der Waals surface area contributed by atoms with Crippen LogP contribution >= 0.6 is 0 Å². The van der Waals surface area contributed by atoms with Crippen molar-refractivity contribution in [1.82, 2.24) is 24.4 Å². The maximum Gasteiger partial charge on any atom is 0.355 e. The molecule has 42 heavy (non-hydrogen) atoms. The van der Waals surface area contributed by atoms with Crippen LogP contribution in [0.3, 0.4) is 0 Å². The van der Waals surface area contributed by atoms with E-state index < -0.39 is 55.7 Å². The Morgan fingerprint density at radius 2 is 1.81 bits per heavy atom. The minimum Gasteiger partial charge on any atom is -0.350 e. The highest BCUT2D eigenvalue weighted by Gasteiger charge is 2.32. The summed E-state index contributed by atoms with van der Waals surface area (Å²) < 4.78 is 70.3. The first-order valence-electron chi connectivity index (χ1n) is 12.7. The summed E-state index contributed by atoms with van der Waals surface area (Å²) >= 11 is 0. The van der Waals surface area contributed by atoms with Crippen LogP contribution in [-0.4, -0.2) is 70.7 Å². The summed E-state index contributed by atoms with van der Waals surface area (Å²) in [6.45, 7) is 6.54. The van der Waals surface area contributed by atoms with Gasteiger partial charge >= 0.3 is 5.69 Å². The number of fused-ring (bicyclic) bond motifs is 1. The van der Waals surface area contributed by atoms with Crippen LogP contribution in [0.2, 0.25) is 0 Å². The lowest BCUT2D eigenvalue weighted by Gasteiger charge is -2.40. The molecule has 1 aliphatic heterocycles. The Bertz CT molecular complexity index is 1950. The molecule has 1 atom stereocenters. The number of amides is 1. The number of aryl methyl sites for hydroxylation is 1. The number of hydrogen-bond acceptors (Lipinski definition) is 8. The van der Waals surface area contributed by atoms with Crippen LogP contribution in [0.5, 0.6) is 0 Å². The number of pyridine rings is 2. The third-order valence-electron chi connectivity index (χ3n) is 7.02. The quantitative estimate of drug-likeness (QED) is 0.321. The fourth-order valence-corrected chi connectivity index (χ4v) is 5.92. The number of rotatable bonds is 5. The molecule has 0 bridgehead atoms. The van der Waals surface area contributed by atoms with Crippen molar-refractivity contribution in [2.75, 3.05) is 30.8 Å². The van der Waals surface area contributed by atoms with Gasteiger partial charge in [0, 0.05) is 43.7 Å². The summed E-state index contributed by atoms with van der Waals surface area (Å²) in [5.74, 6) is -3.63. The molecule has 1 amide bonds. The van der Waals surface area contributed by atoms with E-state index in [4.69, 9.17) is 0 Å². The number of benzene rings is 1. The first-order valence-corrected chi connectivity index (χ1v) is 14.6. The fourth-order valence-electron chi connectivity index (χ4n) is 5.07. The maximum atomic E-state index is 15.7. The topological polar surface area (TPSA) is 118 Å². The Morgan fingerprint density at radius 1 is 1.10 bits per heavy atom. The second kappa shape index (κ2) is 10.7. The average Bonchev–Trinajstić information content (AvgIpc) is 2.92. The van der Waals surface area contributed by atoms with Gasteiger partial charge in [-0.05, 0) is 43.7 Å². The second-order valence-electron chi connectivity index (χ2n) is 9.98. The SMILES string of the molecule is C=C(F)C(=O)N1CCN(c2nc(=O)n(-c3c(C)ccnc3S(C)(=O)=O)c3nc(-c4ccccc4F)c(F)cc23)[C@@H](C)C1. The molecule has 0 unspecified atom stereocenters. The van der Waals surface area contributed by atoms with E-state index in [0.717, 1.165) is 23.0 Å². The third-order valence-corrected chi connectivity index (χ3v) is 8.02. The van der Waals surface area contributed by atoms with Crippen LogP contribution in [0.4, 0.5) is 19.0 Å².